The monoisotopic (exact) mass is 210 g/mol. The van der Waals surface area contributed by atoms with Crippen molar-refractivity contribution in [3.8, 4) is 0 Å². The lowest BCUT2D eigenvalue weighted by Crippen LogP contribution is -2.10. The quantitative estimate of drug-likeness (QED) is 0.683. The summed E-state index contributed by atoms with van der Waals surface area (Å²) in [4.78, 5) is 19.3. The summed E-state index contributed by atoms with van der Waals surface area (Å²) >= 11 is 0. The Labute approximate surface area is 88.4 Å². The SMILES string of the molecule is CCOCc1nccc(C(=O)OCC)n1. The first-order valence-corrected chi connectivity index (χ1v) is 4.84. The smallest absolute Gasteiger partial charge is 0.357 e. The van der Waals surface area contributed by atoms with Crippen LogP contribution in [0.2, 0.25) is 0 Å². The van der Waals surface area contributed by atoms with Crippen molar-refractivity contribution in [1.29, 1.82) is 0 Å². The summed E-state index contributed by atoms with van der Waals surface area (Å²) in [6.45, 7) is 4.87. The van der Waals surface area contributed by atoms with Crippen molar-refractivity contribution in [2.75, 3.05) is 13.2 Å². The molecule has 0 aliphatic carbocycles. The molecular weight excluding hydrogens is 196 g/mol. The van der Waals surface area contributed by atoms with Crippen molar-refractivity contribution < 1.29 is 14.3 Å². The maximum absolute atomic E-state index is 11.3. The molecule has 0 radical (unpaired) electrons. The second-order valence-electron chi connectivity index (χ2n) is 2.72. The molecule has 0 aromatic carbocycles. The fraction of sp³-hybridized carbons (Fsp3) is 0.500. The maximum Gasteiger partial charge on any atom is 0.357 e. The van der Waals surface area contributed by atoms with E-state index in [0.29, 0.717) is 25.6 Å². The van der Waals surface area contributed by atoms with Crippen LogP contribution in [0.3, 0.4) is 0 Å². The summed E-state index contributed by atoms with van der Waals surface area (Å²) in [6, 6.07) is 1.52. The van der Waals surface area contributed by atoms with E-state index in [1.54, 1.807) is 6.92 Å². The molecule has 1 aromatic heterocycles. The van der Waals surface area contributed by atoms with E-state index in [2.05, 4.69) is 9.97 Å². The van der Waals surface area contributed by atoms with Gasteiger partial charge in [-0.05, 0) is 19.9 Å². The van der Waals surface area contributed by atoms with E-state index >= 15 is 0 Å². The van der Waals surface area contributed by atoms with Crippen molar-refractivity contribution in [2.24, 2.45) is 0 Å². The van der Waals surface area contributed by atoms with Crippen LogP contribution in [-0.4, -0.2) is 29.2 Å². The summed E-state index contributed by atoms with van der Waals surface area (Å²) in [7, 11) is 0. The van der Waals surface area contributed by atoms with E-state index in [4.69, 9.17) is 9.47 Å². The summed E-state index contributed by atoms with van der Waals surface area (Å²) in [5.41, 5.74) is 0.265. The number of carbonyl (C=O) groups is 1. The molecule has 0 unspecified atom stereocenters. The van der Waals surface area contributed by atoms with Crippen LogP contribution in [0.15, 0.2) is 12.3 Å². The molecule has 82 valence electrons. The summed E-state index contributed by atoms with van der Waals surface area (Å²) < 4.78 is 9.95. The Morgan fingerprint density at radius 2 is 2.20 bits per heavy atom. The Kier molecular flexibility index (Phi) is 4.70. The molecule has 0 saturated carbocycles. The summed E-state index contributed by atoms with van der Waals surface area (Å²) in [6.07, 6.45) is 1.52. The molecule has 0 bridgehead atoms. The van der Waals surface area contributed by atoms with Gasteiger partial charge in [-0.1, -0.05) is 0 Å². The molecule has 5 heteroatoms. The van der Waals surface area contributed by atoms with Crippen LogP contribution in [0.5, 0.6) is 0 Å². The van der Waals surface area contributed by atoms with Gasteiger partial charge in [0.2, 0.25) is 0 Å². The van der Waals surface area contributed by atoms with Gasteiger partial charge in [0.25, 0.3) is 0 Å². The van der Waals surface area contributed by atoms with E-state index in [1.165, 1.54) is 12.3 Å². The topological polar surface area (TPSA) is 61.3 Å². The molecule has 0 saturated heterocycles. The molecule has 0 aliphatic rings. The van der Waals surface area contributed by atoms with Crippen molar-refractivity contribution >= 4 is 5.97 Å². The zero-order chi connectivity index (χ0) is 11.1. The molecular formula is C10H14N2O3. The Morgan fingerprint density at radius 1 is 1.40 bits per heavy atom. The first-order valence-electron chi connectivity index (χ1n) is 4.84. The second kappa shape index (κ2) is 6.08. The van der Waals surface area contributed by atoms with Gasteiger partial charge in [-0.25, -0.2) is 14.8 Å². The number of hydrogen-bond donors (Lipinski definition) is 0. The van der Waals surface area contributed by atoms with Gasteiger partial charge in [-0.2, -0.15) is 0 Å². The first-order chi connectivity index (χ1) is 7.27. The summed E-state index contributed by atoms with van der Waals surface area (Å²) in [5.74, 6) is 0.0556. The van der Waals surface area contributed by atoms with Crippen molar-refractivity contribution in [3.63, 3.8) is 0 Å². The summed E-state index contributed by atoms with van der Waals surface area (Å²) in [5, 5.41) is 0. The minimum atomic E-state index is -0.433. The molecule has 0 N–H and O–H groups in total. The molecule has 1 heterocycles. The van der Waals surface area contributed by atoms with Gasteiger partial charge >= 0.3 is 5.97 Å². The lowest BCUT2D eigenvalue weighted by atomic mass is 10.4. The number of esters is 1. The highest BCUT2D eigenvalue weighted by Crippen LogP contribution is 1.99. The lowest BCUT2D eigenvalue weighted by molar-refractivity contribution is 0.0517. The highest BCUT2D eigenvalue weighted by atomic mass is 16.5. The Bertz CT molecular complexity index is 328. The Balaban J connectivity index is 2.69. The minimum Gasteiger partial charge on any atom is -0.461 e. The van der Waals surface area contributed by atoms with Crippen LogP contribution >= 0.6 is 0 Å². The molecule has 1 aromatic rings. The predicted octanol–water partition coefficient (Wildman–Crippen LogP) is 1.19. The number of hydrogen-bond acceptors (Lipinski definition) is 5. The number of rotatable bonds is 5. The van der Waals surface area contributed by atoms with Crippen LogP contribution < -0.4 is 0 Å². The van der Waals surface area contributed by atoms with Crippen LogP contribution in [-0.2, 0) is 16.1 Å². The predicted molar refractivity (Wildman–Crippen MR) is 53.3 cm³/mol. The molecule has 0 atom stereocenters. The fourth-order valence-corrected chi connectivity index (χ4v) is 0.981. The number of carbonyl (C=O) groups excluding carboxylic acids is 1. The highest BCUT2D eigenvalue weighted by Gasteiger charge is 2.08. The van der Waals surface area contributed by atoms with Gasteiger partial charge in [0.05, 0.1) is 6.61 Å². The van der Waals surface area contributed by atoms with Gasteiger partial charge < -0.3 is 9.47 Å². The molecule has 5 nitrogen and oxygen atoms in total. The molecule has 15 heavy (non-hydrogen) atoms. The average Bonchev–Trinajstić information content (AvgIpc) is 2.27. The van der Waals surface area contributed by atoms with Crippen LogP contribution in [0.4, 0.5) is 0 Å². The zero-order valence-electron chi connectivity index (χ0n) is 8.90. The molecule has 0 spiro atoms. The van der Waals surface area contributed by atoms with E-state index < -0.39 is 5.97 Å². The van der Waals surface area contributed by atoms with Gasteiger partial charge in [-0.15, -0.1) is 0 Å². The Hall–Kier alpha value is -1.49. The van der Waals surface area contributed by atoms with E-state index in [-0.39, 0.29) is 5.69 Å². The van der Waals surface area contributed by atoms with Gasteiger partial charge in [0.15, 0.2) is 11.5 Å². The largest absolute Gasteiger partial charge is 0.461 e. The molecule has 0 amide bonds. The van der Waals surface area contributed by atoms with Crippen molar-refractivity contribution in [3.05, 3.63) is 23.8 Å². The van der Waals surface area contributed by atoms with Crippen LogP contribution in [0.1, 0.15) is 30.2 Å². The zero-order valence-corrected chi connectivity index (χ0v) is 8.90. The third kappa shape index (κ3) is 3.63. The minimum absolute atomic E-state index is 0.265. The second-order valence-corrected chi connectivity index (χ2v) is 2.72. The molecule has 0 aliphatic heterocycles. The lowest BCUT2D eigenvalue weighted by Gasteiger charge is -2.03. The number of nitrogens with zero attached hydrogens (tertiary/aromatic N) is 2. The third-order valence-corrected chi connectivity index (χ3v) is 1.63. The number of ether oxygens (including phenoxy) is 2. The fourth-order valence-electron chi connectivity index (χ4n) is 0.981. The normalized spacial score (nSPS) is 10.0. The van der Waals surface area contributed by atoms with Crippen LogP contribution in [0.25, 0.3) is 0 Å². The number of aromatic nitrogens is 2. The van der Waals surface area contributed by atoms with Gasteiger partial charge in [-0.3, -0.25) is 0 Å². The molecule has 1 rings (SSSR count). The third-order valence-electron chi connectivity index (χ3n) is 1.63. The van der Waals surface area contributed by atoms with Gasteiger partial charge in [0.1, 0.15) is 6.61 Å². The van der Waals surface area contributed by atoms with Crippen molar-refractivity contribution in [1.82, 2.24) is 9.97 Å². The van der Waals surface area contributed by atoms with Crippen LogP contribution in [0, 0.1) is 0 Å². The first kappa shape index (κ1) is 11.6. The van der Waals surface area contributed by atoms with E-state index in [0.717, 1.165) is 0 Å². The maximum atomic E-state index is 11.3. The Morgan fingerprint density at radius 3 is 2.87 bits per heavy atom. The van der Waals surface area contributed by atoms with Gasteiger partial charge in [0, 0.05) is 12.8 Å². The van der Waals surface area contributed by atoms with E-state index in [9.17, 15) is 4.79 Å². The highest BCUT2D eigenvalue weighted by molar-refractivity contribution is 5.87. The standard InChI is InChI=1S/C10H14N2O3/c1-3-14-7-9-11-6-5-8(12-9)10(13)15-4-2/h5-6H,3-4,7H2,1-2H3. The average molecular weight is 210 g/mol. The van der Waals surface area contributed by atoms with Crippen molar-refractivity contribution in [2.45, 2.75) is 20.5 Å². The van der Waals surface area contributed by atoms with E-state index in [1.807, 2.05) is 6.92 Å². The molecule has 0 fully saturated rings.